The van der Waals surface area contributed by atoms with E-state index in [9.17, 15) is 9.59 Å². The van der Waals surface area contributed by atoms with Gasteiger partial charge >= 0.3 is 0 Å². The minimum absolute atomic E-state index is 0.0443. The van der Waals surface area contributed by atoms with Crippen LogP contribution in [0.4, 0.5) is 0 Å². The Balaban J connectivity index is 1.95. The van der Waals surface area contributed by atoms with E-state index in [1.807, 2.05) is 0 Å². The first-order valence-corrected chi connectivity index (χ1v) is 10.8. The van der Waals surface area contributed by atoms with Crippen LogP contribution in [0.1, 0.15) is 53.5 Å². The van der Waals surface area contributed by atoms with Gasteiger partial charge in [-0.15, -0.1) is 0 Å². The highest BCUT2D eigenvalue weighted by Crippen LogP contribution is 2.34. The Morgan fingerprint density at radius 2 is 1.70 bits per heavy atom. The number of hydrogen-bond acceptors (Lipinski definition) is 3. The number of carbonyl (C=O) groups excluding carboxylic acids is 2. The standard InChI is InChI=1S/C21H20Cl4N2O3/c1-21(2,3)27(20(29)17-14(23)9-11(22)10-15(17)24)26-19(28)13-6-7-16-12(18(13)25)5-4-8-30-16/h6-7,9-10H,4-5,8H2,1-3H3,(H,26,28). The van der Waals surface area contributed by atoms with Gasteiger partial charge in [-0.2, -0.15) is 0 Å². The summed E-state index contributed by atoms with van der Waals surface area (Å²) in [7, 11) is 0. The van der Waals surface area contributed by atoms with Gasteiger partial charge < -0.3 is 4.74 Å². The Hall–Kier alpha value is -1.66. The van der Waals surface area contributed by atoms with E-state index in [1.54, 1.807) is 32.9 Å². The van der Waals surface area contributed by atoms with Crippen molar-refractivity contribution in [2.45, 2.75) is 39.2 Å². The molecule has 0 saturated heterocycles. The minimum atomic E-state index is -0.789. The molecule has 0 saturated carbocycles. The second kappa shape index (κ2) is 8.83. The molecular formula is C21H20Cl4N2O3. The summed E-state index contributed by atoms with van der Waals surface area (Å²) in [4.78, 5) is 26.3. The molecule has 30 heavy (non-hydrogen) atoms. The summed E-state index contributed by atoms with van der Waals surface area (Å²) in [5.74, 6) is -0.427. The number of amides is 2. The fraction of sp³-hybridized carbons (Fsp3) is 0.333. The molecular weight excluding hydrogens is 470 g/mol. The van der Waals surface area contributed by atoms with Crippen molar-refractivity contribution >= 4 is 58.2 Å². The molecule has 0 spiro atoms. The molecule has 1 heterocycles. The summed E-state index contributed by atoms with van der Waals surface area (Å²) < 4.78 is 5.59. The van der Waals surface area contributed by atoms with Crippen LogP contribution >= 0.6 is 46.4 Å². The van der Waals surface area contributed by atoms with Crippen molar-refractivity contribution in [1.29, 1.82) is 0 Å². The number of carbonyl (C=O) groups is 2. The third-order valence-corrected chi connectivity index (χ3v) is 5.83. The lowest BCUT2D eigenvalue weighted by Crippen LogP contribution is -2.56. The van der Waals surface area contributed by atoms with E-state index in [2.05, 4.69) is 5.43 Å². The zero-order chi connectivity index (χ0) is 22.2. The van der Waals surface area contributed by atoms with Crippen molar-refractivity contribution in [2.75, 3.05) is 6.61 Å². The summed E-state index contributed by atoms with van der Waals surface area (Å²) in [6.45, 7) is 5.92. The molecule has 0 unspecified atom stereocenters. The lowest BCUT2D eigenvalue weighted by Gasteiger charge is -2.36. The van der Waals surface area contributed by atoms with Gasteiger partial charge in [-0.25, -0.2) is 5.01 Å². The molecule has 0 atom stereocenters. The van der Waals surface area contributed by atoms with E-state index in [-0.39, 0.29) is 21.2 Å². The largest absolute Gasteiger partial charge is 0.493 e. The number of rotatable bonds is 2. The molecule has 160 valence electrons. The molecule has 2 aromatic rings. The fourth-order valence-electron chi connectivity index (χ4n) is 3.12. The van der Waals surface area contributed by atoms with Gasteiger partial charge in [-0.1, -0.05) is 46.4 Å². The SMILES string of the molecule is CC(C)(C)N(NC(=O)c1ccc2c(c1Cl)CCCO2)C(=O)c1c(Cl)cc(Cl)cc1Cl. The van der Waals surface area contributed by atoms with Crippen molar-refractivity contribution in [3.63, 3.8) is 0 Å². The molecule has 1 aliphatic heterocycles. The predicted molar refractivity (Wildman–Crippen MR) is 120 cm³/mol. The van der Waals surface area contributed by atoms with Crippen LogP contribution in [0.3, 0.4) is 0 Å². The number of nitrogens with one attached hydrogen (secondary N) is 1. The quantitative estimate of drug-likeness (QED) is 0.510. The van der Waals surface area contributed by atoms with Crippen LogP contribution in [-0.2, 0) is 6.42 Å². The highest BCUT2D eigenvalue weighted by atomic mass is 35.5. The Morgan fingerprint density at radius 1 is 1.07 bits per heavy atom. The second-order valence-electron chi connectivity index (χ2n) is 7.85. The molecule has 0 aliphatic carbocycles. The van der Waals surface area contributed by atoms with Crippen LogP contribution in [0.15, 0.2) is 24.3 Å². The van der Waals surface area contributed by atoms with Crippen LogP contribution in [-0.4, -0.2) is 29.0 Å². The summed E-state index contributed by atoms with van der Waals surface area (Å²) in [6.07, 6.45) is 1.53. The number of hydrazine groups is 1. The van der Waals surface area contributed by atoms with Crippen LogP contribution in [0.25, 0.3) is 0 Å². The first-order chi connectivity index (χ1) is 14.0. The van der Waals surface area contributed by atoms with E-state index in [0.717, 1.165) is 12.0 Å². The fourth-order valence-corrected chi connectivity index (χ4v) is 4.44. The molecule has 2 aromatic carbocycles. The van der Waals surface area contributed by atoms with Gasteiger partial charge in [-0.3, -0.25) is 15.0 Å². The molecule has 2 amide bonds. The predicted octanol–water partition coefficient (Wildman–Crippen LogP) is 6.21. The number of halogens is 4. The van der Waals surface area contributed by atoms with Crippen molar-refractivity contribution in [2.24, 2.45) is 0 Å². The molecule has 0 fully saturated rings. The maximum atomic E-state index is 13.3. The van der Waals surface area contributed by atoms with Crippen LogP contribution in [0, 0.1) is 0 Å². The molecule has 5 nitrogen and oxygen atoms in total. The lowest BCUT2D eigenvalue weighted by atomic mass is 10.0. The summed E-state index contributed by atoms with van der Waals surface area (Å²) in [5, 5.41) is 1.97. The number of ether oxygens (including phenoxy) is 1. The summed E-state index contributed by atoms with van der Waals surface area (Å²) in [6, 6.07) is 6.14. The molecule has 0 bridgehead atoms. The van der Waals surface area contributed by atoms with Crippen LogP contribution < -0.4 is 10.2 Å². The molecule has 3 rings (SSSR count). The summed E-state index contributed by atoms with van der Waals surface area (Å²) >= 11 is 24.9. The van der Waals surface area contributed by atoms with Crippen LogP contribution in [0.2, 0.25) is 20.1 Å². The van der Waals surface area contributed by atoms with Gasteiger partial charge in [0.1, 0.15) is 5.75 Å². The van der Waals surface area contributed by atoms with Gasteiger partial charge in [0.25, 0.3) is 11.8 Å². The van der Waals surface area contributed by atoms with E-state index in [1.165, 1.54) is 17.1 Å². The Labute approximate surface area is 195 Å². The Morgan fingerprint density at radius 3 is 2.30 bits per heavy atom. The van der Waals surface area contributed by atoms with Crippen molar-refractivity contribution < 1.29 is 14.3 Å². The third kappa shape index (κ3) is 4.65. The average Bonchev–Trinajstić information content (AvgIpc) is 2.64. The maximum Gasteiger partial charge on any atom is 0.275 e. The van der Waals surface area contributed by atoms with E-state index < -0.39 is 17.4 Å². The van der Waals surface area contributed by atoms with Gasteiger partial charge in [0.05, 0.1) is 38.3 Å². The van der Waals surface area contributed by atoms with Gasteiger partial charge in [0.2, 0.25) is 0 Å². The van der Waals surface area contributed by atoms with Crippen molar-refractivity contribution in [3.05, 3.63) is 61.0 Å². The molecule has 0 radical (unpaired) electrons. The molecule has 0 aromatic heterocycles. The monoisotopic (exact) mass is 488 g/mol. The Kier molecular flexibility index (Phi) is 6.78. The number of hydrogen-bond donors (Lipinski definition) is 1. The molecule has 1 aliphatic rings. The van der Waals surface area contributed by atoms with E-state index >= 15 is 0 Å². The van der Waals surface area contributed by atoms with E-state index in [0.29, 0.717) is 28.8 Å². The topological polar surface area (TPSA) is 58.6 Å². The molecule has 9 heteroatoms. The zero-order valence-electron chi connectivity index (χ0n) is 16.6. The maximum absolute atomic E-state index is 13.3. The first kappa shape index (κ1) is 23.0. The minimum Gasteiger partial charge on any atom is -0.493 e. The second-order valence-corrected chi connectivity index (χ2v) is 9.48. The first-order valence-electron chi connectivity index (χ1n) is 9.25. The summed E-state index contributed by atoms with van der Waals surface area (Å²) in [5.41, 5.74) is 2.94. The highest BCUT2D eigenvalue weighted by molar-refractivity contribution is 6.42. The Bertz CT molecular complexity index is 995. The van der Waals surface area contributed by atoms with Gasteiger partial charge in [-0.05, 0) is 57.9 Å². The smallest absolute Gasteiger partial charge is 0.275 e. The number of benzene rings is 2. The van der Waals surface area contributed by atoms with Gasteiger partial charge in [0, 0.05) is 10.6 Å². The average molecular weight is 490 g/mol. The van der Waals surface area contributed by atoms with Crippen molar-refractivity contribution in [3.8, 4) is 5.75 Å². The van der Waals surface area contributed by atoms with Gasteiger partial charge in [0.15, 0.2) is 0 Å². The zero-order valence-corrected chi connectivity index (χ0v) is 19.6. The van der Waals surface area contributed by atoms with E-state index in [4.69, 9.17) is 51.1 Å². The van der Waals surface area contributed by atoms with Crippen LogP contribution in [0.5, 0.6) is 5.75 Å². The molecule has 1 N–H and O–H groups in total. The highest BCUT2D eigenvalue weighted by Gasteiger charge is 2.33. The van der Waals surface area contributed by atoms with Crippen molar-refractivity contribution in [1.82, 2.24) is 10.4 Å². The lowest BCUT2D eigenvalue weighted by molar-refractivity contribution is 0.0359. The number of nitrogens with zero attached hydrogens (tertiary/aromatic N) is 1. The normalized spacial score (nSPS) is 13.3. The number of fused-ring (bicyclic) bond motifs is 1. The third-order valence-electron chi connectivity index (χ3n) is 4.58.